The fourth-order valence-corrected chi connectivity index (χ4v) is 1.64. The molecule has 18 heavy (non-hydrogen) atoms. The molecule has 0 bridgehead atoms. The molecule has 0 aliphatic carbocycles. The Balaban J connectivity index is 2.18. The van der Waals surface area contributed by atoms with Gasteiger partial charge in [-0.15, -0.1) is 0 Å². The van der Waals surface area contributed by atoms with Crippen molar-refractivity contribution in [3.8, 4) is 0 Å². The SMILES string of the molecule is Cc1cc(C)nc(Nc2ccc(N(C)C)nc2)n1. The number of pyridine rings is 1. The van der Waals surface area contributed by atoms with E-state index in [-0.39, 0.29) is 0 Å². The first-order valence-electron chi connectivity index (χ1n) is 5.77. The smallest absolute Gasteiger partial charge is 0.227 e. The van der Waals surface area contributed by atoms with Gasteiger partial charge in [0.2, 0.25) is 5.95 Å². The maximum atomic E-state index is 4.33. The van der Waals surface area contributed by atoms with Gasteiger partial charge in [0.1, 0.15) is 5.82 Å². The summed E-state index contributed by atoms with van der Waals surface area (Å²) in [5.74, 6) is 1.52. The van der Waals surface area contributed by atoms with Crippen molar-refractivity contribution in [1.82, 2.24) is 15.0 Å². The van der Waals surface area contributed by atoms with Gasteiger partial charge >= 0.3 is 0 Å². The highest BCUT2D eigenvalue weighted by atomic mass is 15.1. The minimum atomic E-state index is 0.604. The summed E-state index contributed by atoms with van der Waals surface area (Å²) in [6.07, 6.45) is 1.77. The highest BCUT2D eigenvalue weighted by Crippen LogP contribution is 2.15. The van der Waals surface area contributed by atoms with Gasteiger partial charge in [0.05, 0.1) is 11.9 Å². The van der Waals surface area contributed by atoms with E-state index in [0.29, 0.717) is 5.95 Å². The molecule has 0 saturated heterocycles. The van der Waals surface area contributed by atoms with E-state index in [1.807, 2.05) is 51.0 Å². The van der Waals surface area contributed by atoms with Crippen LogP contribution >= 0.6 is 0 Å². The summed E-state index contributed by atoms with van der Waals surface area (Å²) in [4.78, 5) is 14.9. The lowest BCUT2D eigenvalue weighted by atomic mass is 10.3. The van der Waals surface area contributed by atoms with Gasteiger partial charge in [-0.25, -0.2) is 15.0 Å². The van der Waals surface area contributed by atoms with E-state index in [9.17, 15) is 0 Å². The predicted octanol–water partition coefficient (Wildman–Crippen LogP) is 2.30. The molecule has 5 nitrogen and oxygen atoms in total. The van der Waals surface area contributed by atoms with Gasteiger partial charge in [-0.05, 0) is 32.0 Å². The lowest BCUT2D eigenvalue weighted by molar-refractivity contribution is 1.05. The minimum Gasteiger partial charge on any atom is -0.363 e. The van der Waals surface area contributed by atoms with Crippen LogP contribution in [0.3, 0.4) is 0 Å². The molecular weight excluding hydrogens is 226 g/mol. The van der Waals surface area contributed by atoms with Crippen molar-refractivity contribution in [2.75, 3.05) is 24.3 Å². The van der Waals surface area contributed by atoms with Gasteiger partial charge in [-0.1, -0.05) is 0 Å². The number of nitrogens with one attached hydrogen (secondary N) is 1. The summed E-state index contributed by atoms with van der Waals surface area (Å²) in [6.45, 7) is 3.90. The van der Waals surface area contributed by atoms with Crippen LogP contribution in [0, 0.1) is 13.8 Å². The van der Waals surface area contributed by atoms with Crippen molar-refractivity contribution in [1.29, 1.82) is 0 Å². The zero-order chi connectivity index (χ0) is 13.1. The highest BCUT2D eigenvalue weighted by molar-refractivity contribution is 5.54. The Kier molecular flexibility index (Phi) is 3.41. The standard InChI is InChI=1S/C13H17N5/c1-9-7-10(2)16-13(15-9)17-11-5-6-12(14-8-11)18(3)4/h5-8H,1-4H3,(H,15,16,17). The molecule has 0 aliphatic heterocycles. The molecule has 5 heteroatoms. The molecule has 0 spiro atoms. The molecule has 0 aromatic carbocycles. The van der Waals surface area contributed by atoms with Gasteiger partial charge in [0.15, 0.2) is 0 Å². The van der Waals surface area contributed by atoms with Crippen LogP contribution in [0.15, 0.2) is 24.4 Å². The summed E-state index contributed by atoms with van der Waals surface area (Å²) >= 11 is 0. The zero-order valence-electron chi connectivity index (χ0n) is 11.1. The van der Waals surface area contributed by atoms with Crippen LogP contribution in [0.1, 0.15) is 11.4 Å². The third-order valence-corrected chi connectivity index (χ3v) is 2.44. The topological polar surface area (TPSA) is 53.9 Å². The first kappa shape index (κ1) is 12.3. The van der Waals surface area contributed by atoms with Gasteiger partial charge in [0, 0.05) is 25.5 Å². The van der Waals surface area contributed by atoms with Crippen LogP contribution in [-0.2, 0) is 0 Å². The van der Waals surface area contributed by atoms with Crippen LogP contribution < -0.4 is 10.2 Å². The molecule has 2 rings (SSSR count). The van der Waals surface area contributed by atoms with E-state index in [2.05, 4.69) is 20.3 Å². The normalized spacial score (nSPS) is 10.2. The Morgan fingerprint density at radius 2 is 1.72 bits per heavy atom. The fourth-order valence-electron chi connectivity index (χ4n) is 1.64. The summed E-state index contributed by atoms with van der Waals surface area (Å²) < 4.78 is 0. The molecule has 2 aromatic heterocycles. The van der Waals surface area contributed by atoms with Crippen LogP contribution in [0.25, 0.3) is 0 Å². The van der Waals surface area contributed by atoms with Gasteiger partial charge < -0.3 is 10.2 Å². The van der Waals surface area contributed by atoms with E-state index in [0.717, 1.165) is 22.9 Å². The number of aryl methyl sites for hydroxylation is 2. The minimum absolute atomic E-state index is 0.604. The molecule has 0 aliphatic rings. The summed E-state index contributed by atoms with van der Waals surface area (Å²) in [5, 5.41) is 3.15. The van der Waals surface area contributed by atoms with Crippen LogP contribution in [0.4, 0.5) is 17.5 Å². The molecule has 2 aromatic rings. The molecule has 94 valence electrons. The number of anilines is 3. The number of rotatable bonds is 3. The lowest BCUT2D eigenvalue weighted by Crippen LogP contribution is -2.10. The summed E-state index contributed by atoms with van der Waals surface area (Å²) in [7, 11) is 3.92. The average Bonchev–Trinajstić information content (AvgIpc) is 2.28. The molecule has 0 saturated carbocycles. The third kappa shape index (κ3) is 2.94. The molecule has 0 amide bonds. The predicted molar refractivity (Wildman–Crippen MR) is 73.4 cm³/mol. The van der Waals surface area contributed by atoms with Crippen LogP contribution in [0.5, 0.6) is 0 Å². The molecular formula is C13H17N5. The molecule has 0 radical (unpaired) electrons. The van der Waals surface area contributed by atoms with E-state index >= 15 is 0 Å². The Morgan fingerprint density at radius 3 is 2.22 bits per heavy atom. The zero-order valence-corrected chi connectivity index (χ0v) is 11.1. The second-order valence-corrected chi connectivity index (χ2v) is 4.40. The summed E-state index contributed by atoms with van der Waals surface area (Å²) in [6, 6.07) is 5.85. The second-order valence-electron chi connectivity index (χ2n) is 4.40. The Hall–Kier alpha value is -2.17. The molecule has 0 fully saturated rings. The van der Waals surface area contributed by atoms with Crippen LogP contribution in [0.2, 0.25) is 0 Å². The maximum absolute atomic E-state index is 4.33. The van der Waals surface area contributed by atoms with Crippen molar-refractivity contribution in [2.45, 2.75) is 13.8 Å². The first-order valence-corrected chi connectivity index (χ1v) is 5.77. The van der Waals surface area contributed by atoms with Crippen molar-refractivity contribution in [3.05, 3.63) is 35.8 Å². The monoisotopic (exact) mass is 243 g/mol. The summed E-state index contributed by atoms with van der Waals surface area (Å²) in [5.41, 5.74) is 2.77. The third-order valence-electron chi connectivity index (χ3n) is 2.44. The number of hydrogen-bond donors (Lipinski definition) is 1. The van der Waals surface area contributed by atoms with Crippen LogP contribution in [-0.4, -0.2) is 29.0 Å². The average molecular weight is 243 g/mol. The number of aromatic nitrogens is 3. The molecule has 2 heterocycles. The Labute approximate surface area is 107 Å². The van der Waals surface area contributed by atoms with E-state index < -0.39 is 0 Å². The Morgan fingerprint density at radius 1 is 1.06 bits per heavy atom. The van der Waals surface area contributed by atoms with E-state index in [1.54, 1.807) is 6.20 Å². The van der Waals surface area contributed by atoms with E-state index in [1.165, 1.54) is 0 Å². The second kappa shape index (κ2) is 5.00. The highest BCUT2D eigenvalue weighted by Gasteiger charge is 2.01. The number of hydrogen-bond acceptors (Lipinski definition) is 5. The molecule has 0 atom stereocenters. The quantitative estimate of drug-likeness (QED) is 0.896. The number of nitrogens with zero attached hydrogens (tertiary/aromatic N) is 4. The van der Waals surface area contributed by atoms with Crippen molar-refractivity contribution >= 4 is 17.5 Å². The van der Waals surface area contributed by atoms with Crippen molar-refractivity contribution in [2.24, 2.45) is 0 Å². The van der Waals surface area contributed by atoms with Gasteiger partial charge in [-0.3, -0.25) is 0 Å². The van der Waals surface area contributed by atoms with Gasteiger partial charge in [0.25, 0.3) is 0 Å². The molecule has 1 N–H and O–H groups in total. The van der Waals surface area contributed by atoms with Gasteiger partial charge in [-0.2, -0.15) is 0 Å². The largest absolute Gasteiger partial charge is 0.363 e. The first-order chi connectivity index (χ1) is 8.54. The molecule has 0 unspecified atom stereocenters. The lowest BCUT2D eigenvalue weighted by Gasteiger charge is -2.11. The van der Waals surface area contributed by atoms with Crippen molar-refractivity contribution < 1.29 is 0 Å². The maximum Gasteiger partial charge on any atom is 0.227 e. The Bertz CT molecular complexity index is 513. The van der Waals surface area contributed by atoms with E-state index in [4.69, 9.17) is 0 Å². The fraction of sp³-hybridized carbons (Fsp3) is 0.308. The van der Waals surface area contributed by atoms with Crippen molar-refractivity contribution in [3.63, 3.8) is 0 Å².